The molecular formula is C17H34N2O. The number of nitrogens with zero attached hydrogens (tertiary/aromatic N) is 1. The van der Waals surface area contributed by atoms with E-state index in [1.807, 2.05) is 0 Å². The zero-order valence-electron chi connectivity index (χ0n) is 14.0. The summed E-state index contributed by atoms with van der Waals surface area (Å²) in [4.78, 5) is 2.77. The van der Waals surface area contributed by atoms with E-state index in [9.17, 15) is 0 Å². The van der Waals surface area contributed by atoms with Gasteiger partial charge in [0.2, 0.25) is 0 Å². The maximum Gasteiger partial charge on any atom is 0.0478 e. The number of rotatable bonds is 8. The number of ether oxygens (including phenoxy) is 1. The lowest BCUT2D eigenvalue weighted by atomic mass is 9.86. The lowest BCUT2D eigenvalue weighted by molar-refractivity contribution is 0.0155. The molecule has 2 fully saturated rings. The highest BCUT2D eigenvalue weighted by atomic mass is 16.5. The first-order chi connectivity index (χ1) is 9.61. The van der Waals surface area contributed by atoms with Crippen LogP contribution in [0.15, 0.2) is 0 Å². The largest absolute Gasteiger partial charge is 0.382 e. The fourth-order valence-electron chi connectivity index (χ4n) is 3.58. The van der Waals surface area contributed by atoms with Crippen LogP contribution in [0.2, 0.25) is 0 Å². The summed E-state index contributed by atoms with van der Waals surface area (Å²) in [6.45, 7) is 14.6. The quantitative estimate of drug-likeness (QED) is 0.693. The van der Waals surface area contributed by atoms with Gasteiger partial charge < -0.3 is 10.1 Å². The van der Waals surface area contributed by atoms with Crippen LogP contribution >= 0.6 is 0 Å². The minimum atomic E-state index is 0.385. The van der Waals surface area contributed by atoms with Crippen LogP contribution in [0.1, 0.15) is 53.4 Å². The summed E-state index contributed by atoms with van der Waals surface area (Å²) in [5.74, 6) is 1.69. The van der Waals surface area contributed by atoms with Crippen LogP contribution in [-0.4, -0.2) is 49.3 Å². The Hall–Kier alpha value is -0.120. The van der Waals surface area contributed by atoms with E-state index in [4.69, 9.17) is 4.74 Å². The van der Waals surface area contributed by atoms with Gasteiger partial charge in [0.25, 0.3) is 0 Å². The molecule has 0 aromatic rings. The number of piperazine rings is 1. The molecule has 3 nitrogen and oxygen atoms in total. The molecule has 1 saturated heterocycles. The number of hydrogen-bond acceptors (Lipinski definition) is 3. The Kier molecular flexibility index (Phi) is 5.88. The molecule has 0 radical (unpaired) electrons. The maximum atomic E-state index is 5.52. The molecule has 1 saturated carbocycles. The summed E-state index contributed by atoms with van der Waals surface area (Å²) >= 11 is 0. The minimum Gasteiger partial charge on any atom is -0.382 e. The first-order valence-corrected chi connectivity index (χ1v) is 8.68. The smallest absolute Gasteiger partial charge is 0.0478 e. The molecule has 2 aliphatic rings. The van der Waals surface area contributed by atoms with E-state index in [0.717, 1.165) is 25.0 Å². The van der Waals surface area contributed by atoms with E-state index >= 15 is 0 Å². The van der Waals surface area contributed by atoms with Crippen LogP contribution < -0.4 is 5.32 Å². The Morgan fingerprint density at radius 2 is 2.10 bits per heavy atom. The molecule has 3 atom stereocenters. The SMILES string of the molecule is CCOCCCN1CC(C(C)CC)NCC1(C)C1CC1. The van der Waals surface area contributed by atoms with Gasteiger partial charge in [0.05, 0.1) is 0 Å². The second kappa shape index (κ2) is 7.24. The molecule has 1 aliphatic carbocycles. The van der Waals surface area contributed by atoms with Crippen molar-refractivity contribution in [2.45, 2.75) is 65.0 Å². The molecule has 1 N–H and O–H groups in total. The van der Waals surface area contributed by atoms with Crippen molar-refractivity contribution in [1.82, 2.24) is 10.2 Å². The van der Waals surface area contributed by atoms with Crippen LogP contribution in [-0.2, 0) is 4.74 Å². The summed E-state index contributed by atoms with van der Waals surface area (Å²) in [5.41, 5.74) is 0.385. The monoisotopic (exact) mass is 282 g/mol. The third-order valence-corrected chi connectivity index (χ3v) is 5.57. The van der Waals surface area contributed by atoms with Gasteiger partial charge in [0, 0.05) is 44.4 Å². The highest BCUT2D eigenvalue weighted by molar-refractivity contribution is 5.05. The minimum absolute atomic E-state index is 0.385. The maximum absolute atomic E-state index is 5.52. The van der Waals surface area contributed by atoms with Crippen LogP contribution in [0, 0.1) is 11.8 Å². The molecular weight excluding hydrogens is 248 g/mol. The predicted octanol–water partition coefficient (Wildman–Crippen LogP) is 2.90. The first-order valence-electron chi connectivity index (χ1n) is 8.68. The van der Waals surface area contributed by atoms with Gasteiger partial charge in [-0.2, -0.15) is 0 Å². The van der Waals surface area contributed by atoms with Crippen molar-refractivity contribution in [2.24, 2.45) is 11.8 Å². The lowest BCUT2D eigenvalue weighted by Gasteiger charge is -2.50. The van der Waals surface area contributed by atoms with Gasteiger partial charge in [0.1, 0.15) is 0 Å². The molecule has 0 spiro atoms. The van der Waals surface area contributed by atoms with Crippen molar-refractivity contribution in [1.29, 1.82) is 0 Å². The summed E-state index contributed by atoms with van der Waals surface area (Å²) in [7, 11) is 0. The van der Waals surface area contributed by atoms with Crippen molar-refractivity contribution in [3.05, 3.63) is 0 Å². The summed E-state index contributed by atoms with van der Waals surface area (Å²) < 4.78 is 5.52. The van der Waals surface area contributed by atoms with Gasteiger partial charge in [-0.3, -0.25) is 4.90 Å². The third kappa shape index (κ3) is 3.75. The van der Waals surface area contributed by atoms with Crippen LogP contribution in [0.25, 0.3) is 0 Å². The van der Waals surface area contributed by atoms with Crippen molar-refractivity contribution in [2.75, 3.05) is 32.8 Å². The topological polar surface area (TPSA) is 24.5 Å². The number of hydrogen-bond donors (Lipinski definition) is 1. The average molecular weight is 282 g/mol. The van der Waals surface area contributed by atoms with E-state index < -0.39 is 0 Å². The second-order valence-corrected chi connectivity index (χ2v) is 7.00. The van der Waals surface area contributed by atoms with Crippen LogP contribution in [0.4, 0.5) is 0 Å². The zero-order chi connectivity index (χ0) is 14.6. The molecule has 0 bridgehead atoms. The predicted molar refractivity (Wildman–Crippen MR) is 85.1 cm³/mol. The van der Waals surface area contributed by atoms with Gasteiger partial charge in [-0.25, -0.2) is 0 Å². The zero-order valence-corrected chi connectivity index (χ0v) is 14.0. The Morgan fingerprint density at radius 1 is 1.35 bits per heavy atom. The Labute approximate surface area is 125 Å². The van der Waals surface area contributed by atoms with Gasteiger partial charge in [-0.05, 0) is 44.9 Å². The molecule has 20 heavy (non-hydrogen) atoms. The fraction of sp³-hybridized carbons (Fsp3) is 1.00. The highest BCUT2D eigenvalue weighted by Gasteiger charge is 2.48. The molecule has 3 heteroatoms. The van der Waals surface area contributed by atoms with Gasteiger partial charge in [-0.1, -0.05) is 20.3 Å². The van der Waals surface area contributed by atoms with E-state index in [0.29, 0.717) is 11.6 Å². The van der Waals surface area contributed by atoms with E-state index in [-0.39, 0.29) is 0 Å². The first kappa shape index (κ1) is 16.3. The van der Waals surface area contributed by atoms with E-state index in [1.54, 1.807) is 0 Å². The molecule has 2 rings (SSSR count). The molecule has 118 valence electrons. The van der Waals surface area contributed by atoms with Gasteiger partial charge in [0.15, 0.2) is 0 Å². The lowest BCUT2D eigenvalue weighted by Crippen LogP contribution is -2.65. The van der Waals surface area contributed by atoms with Crippen LogP contribution in [0.3, 0.4) is 0 Å². The number of nitrogens with one attached hydrogen (secondary N) is 1. The van der Waals surface area contributed by atoms with Crippen molar-refractivity contribution >= 4 is 0 Å². The fourth-order valence-corrected chi connectivity index (χ4v) is 3.58. The van der Waals surface area contributed by atoms with Crippen molar-refractivity contribution in [3.8, 4) is 0 Å². The van der Waals surface area contributed by atoms with Crippen molar-refractivity contribution in [3.63, 3.8) is 0 Å². The molecule has 3 unspecified atom stereocenters. The molecule has 1 aliphatic heterocycles. The molecule has 0 aromatic heterocycles. The molecule has 0 aromatic carbocycles. The third-order valence-electron chi connectivity index (χ3n) is 5.57. The van der Waals surface area contributed by atoms with E-state index in [2.05, 4.69) is 37.9 Å². The average Bonchev–Trinajstić information content (AvgIpc) is 3.29. The Bertz CT molecular complexity index is 293. The summed E-state index contributed by atoms with van der Waals surface area (Å²) in [5, 5.41) is 3.84. The summed E-state index contributed by atoms with van der Waals surface area (Å²) in [6.07, 6.45) is 5.29. The summed E-state index contributed by atoms with van der Waals surface area (Å²) in [6, 6.07) is 0.666. The van der Waals surface area contributed by atoms with Crippen molar-refractivity contribution < 1.29 is 4.74 Å². The standard InChI is InChI=1S/C17H34N2O/c1-5-14(3)16-12-19(10-7-11-20-6-2)17(4,13-18-16)15-8-9-15/h14-16,18H,5-13H2,1-4H3. The van der Waals surface area contributed by atoms with Gasteiger partial charge >= 0.3 is 0 Å². The Morgan fingerprint density at radius 3 is 2.70 bits per heavy atom. The molecule has 0 amide bonds. The van der Waals surface area contributed by atoms with Crippen LogP contribution in [0.5, 0.6) is 0 Å². The normalized spacial score (nSPS) is 33.3. The highest BCUT2D eigenvalue weighted by Crippen LogP contribution is 2.44. The molecule has 1 heterocycles. The van der Waals surface area contributed by atoms with Gasteiger partial charge in [-0.15, -0.1) is 0 Å². The second-order valence-electron chi connectivity index (χ2n) is 7.00. The van der Waals surface area contributed by atoms with E-state index in [1.165, 1.54) is 45.3 Å². The Balaban J connectivity index is 1.92.